The van der Waals surface area contributed by atoms with Crippen molar-refractivity contribution in [3.05, 3.63) is 87.4 Å². The fourth-order valence-electron chi connectivity index (χ4n) is 2.75. The van der Waals surface area contributed by atoms with Gasteiger partial charge in [-0.2, -0.15) is 8.42 Å². The van der Waals surface area contributed by atoms with Crippen molar-refractivity contribution in [3.8, 4) is 5.75 Å². The molecule has 0 aliphatic carbocycles. The second-order valence-corrected chi connectivity index (χ2v) is 8.11. The number of hydrogen-bond acceptors (Lipinski definition) is 10. The maximum absolute atomic E-state index is 12.6. The molecule has 1 aromatic heterocycles. The Kier molecular flexibility index (Phi) is 6.78. The molecule has 0 atom stereocenters. The largest absolute Gasteiger partial charge is 0.465 e. The van der Waals surface area contributed by atoms with Crippen LogP contribution < -0.4 is 4.18 Å². The summed E-state index contributed by atoms with van der Waals surface area (Å²) in [6.07, 6.45) is 1.26. The minimum absolute atomic E-state index is 0.0810. The molecule has 0 bridgehead atoms. The smallest absolute Gasteiger partial charge is 0.341 e. The van der Waals surface area contributed by atoms with E-state index in [0.717, 1.165) is 6.07 Å². The summed E-state index contributed by atoms with van der Waals surface area (Å²) in [5.74, 6) is -1.41. The second-order valence-electron chi connectivity index (χ2n) is 6.59. The highest BCUT2D eigenvalue weighted by Gasteiger charge is 2.23. The van der Waals surface area contributed by atoms with Crippen LogP contribution in [0.1, 0.15) is 32.0 Å². The molecular formula is C21H17NO10S. The van der Waals surface area contributed by atoms with E-state index >= 15 is 0 Å². The summed E-state index contributed by atoms with van der Waals surface area (Å²) in [5, 5.41) is 10.9. The van der Waals surface area contributed by atoms with E-state index in [0.29, 0.717) is 0 Å². The number of carbonyl (C=O) groups is 2. The maximum atomic E-state index is 12.6. The summed E-state index contributed by atoms with van der Waals surface area (Å²) >= 11 is 0. The molecule has 0 N–H and O–H groups in total. The molecular weight excluding hydrogens is 458 g/mol. The lowest BCUT2D eigenvalue weighted by Gasteiger charge is -2.10. The van der Waals surface area contributed by atoms with Crippen LogP contribution in [-0.2, 0) is 26.2 Å². The van der Waals surface area contributed by atoms with E-state index in [1.165, 1.54) is 62.8 Å². The monoisotopic (exact) mass is 475 g/mol. The molecule has 0 radical (unpaired) electrons. The van der Waals surface area contributed by atoms with E-state index in [9.17, 15) is 28.1 Å². The van der Waals surface area contributed by atoms with Crippen LogP contribution >= 0.6 is 0 Å². The Labute approximate surface area is 187 Å². The molecule has 0 amide bonds. The Morgan fingerprint density at radius 3 is 2.39 bits per heavy atom. The first-order valence-electron chi connectivity index (χ1n) is 9.24. The van der Waals surface area contributed by atoms with E-state index in [2.05, 4.69) is 4.74 Å². The highest BCUT2D eigenvalue weighted by Crippen LogP contribution is 2.25. The molecule has 0 aliphatic heterocycles. The number of nitro benzene ring substituents is 1. The number of methoxy groups -OCH3 is 1. The Hall–Kier alpha value is -4.19. The van der Waals surface area contributed by atoms with Crippen molar-refractivity contribution in [3.63, 3.8) is 0 Å². The van der Waals surface area contributed by atoms with Gasteiger partial charge >= 0.3 is 22.1 Å². The first kappa shape index (κ1) is 23.5. The van der Waals surface area contributed by atoms with Crippen LogP contribution in [0.4, 0.5) is 5.69 Å². The zero-order valence-corrected chi connectivity index (χ0v) is 18.2. The Morgan fingerprint density at radius 1 is 1.06 bits per heavy atom. The van der Waals surface area contributed by atoms with Crippen LogP contribution in [0.25, 0.3) is 0 Å². The van der Waals surface area contributed by atoms with Crippen molar-refractivity contribution in [1.29, 1.82) is 0 Å². The number of nitro groups is 1. The topological polar surface area (TPSA) is 152 Å². The Morgan fingerprint density at radius 2 is 1.76 bits per heavy atom. The molecule has 0 aliphatic rings. The van der Waals surface area contributed by atoms with E-state index in [1.54, 1.807) is 0 Å². The molecule has 3 rings (SSSR count). The number of ether oxygens (including phenoxy) is 2. The van der Waals surface area contributed by atoms with Gasteiger partial charge in [-0.3, -0.25) is 10.1 Å². The number of rotatable bonds is 8. The normalized spacial score (nSPS) is 11.0. The van der Waals surface area contributed by atoms with Gasteiger partial charge in [0.25, 0.3) is 5.69 Å². The van der Waals surface area contributed by atoms with Crippen LogP contribution in [0.2, 0.25) is 0 Å². The molecule has 1 heterocycles. The number of aryl methyl sites for hydroxylation is 1. The lowest BCUT2D eigenvalue weighted by Crippen LogP contribution is -2.12. The van der Waals surface area contributed by atoms with Gasteiger partial charge in [0.05, 0.1) is 23.9 Å². The molecule has 172 valence electrons. The van der Waals surface area contributed by atoms with Crippen LogP contribution in [0, 0.1) is 17.0 Å². The van der Waals surface area contributed by atoms with Crippen LogP contribution in [-0.4, -0.2) is 32.4 Å². The van der Waals surface area contributed by atoms with Gasteiger partial charge in [-0.15, -0.1) is 0 Å². The molecule has 11 nitrogen and oxygen atoms in total. The van der Waals surface area contributed by atoms with E-state index in [1.807, 2.05) is 0 Å². The number of non-ortho nitro benzene ring substituents is 1. The highest BCUT2D eigenvalue weighted by atomic mass is 32.2. The zero-order chi connectivity index (χ0) is 24.2. The van der Waals surface area contributed by atoms with Crippen molar-refractivity contribution < 1.29 is 41.0 Å². The fourth-order valence-corrected chi connectivity index (χ4v) is 3.93. The van der Waals surface area contributed by atoms with Gasteiger partial charge in [0.15, 0.2) is 12.4 Å². The fraction of sp³-hybridized carbons (Fsp3) is 0.143. The lowest BCUT2D eigenvalue weighted by atomic mass is 10.2. The number of esters is 2. The number of nitrogens with zero attached hydrogens (tertiary/aromatic N) is 1. The van der Waals surface area contributed by atoms with Gasteiger partial charge in [0.1, 0.15) is 16.2 Å². The van der Waals surface area contributed by atoms with Crippen molar-refractivity contribution in [2.75, 3.05) is 7.11 Å². The van der Waals surface area contributed by atoms with Crippen molar-refractivity contribution in [1.82, 2.24) is 0 Å². The molecule has 0 saturated heterocycles. The molecule has 2 aromatic carbocycles. The highest BCUT2D eigenvalue weighted by molar-refractivity contribution is 7.87. The first-order chi connectivity index (χ1) is 15.6. The summed E-state index contributed by atoms with van der Waals surface area (Å²) in [7, 11) is -3.16. The number of hydrogen-bond donors (Lipinski definition) is 0. The molecule has 0 fully saturated rings. The zero-order valence-electron chi connectivity index (χ0n) is 17.3. The number of carbonyl (C=O) groups excluding carboxylic acids is 2. The first-order valence-corrected chi connectivity index (χ1v) is 10.6. The van der Waals surface area contributed by atoms with Gasteiger partial charge < -0.3 is 18.1 Å². The van der Waals surface area contributed by atoms with E-state index in [-0.39, 0.29) is 39.7 Å². The molecule has 33 heavy (non-hydrogen) atoms. The third kappa shape index (κ3) is 5.36. The van der Waals surface area contributed by atoms with Crippen molar-refractivity contribution in [2.45, 2.75) is 18.4 Å². The minimum atomic E-state index is -4.37. The average molecular weight is 475 g/mol. The summed E-state index contributed by atoms with van der Waals surface area (Å²) in [6.45, 7) is 1.15. The quantitative estimate of drug-likeness (QED) is 0.205. The van der Waals surface area contributed by atoms with Crippen LogP contribution in [0.3, 0.4) is 0 Å². The maximum Gasteiger partial charge on any atom is 0.341 e. The van der Waals surface area contributed by atoms with Crippen LogP contribution in [0.15, 0.2) is 64.1 Å². The van der Waals surface area contributed by atoms with Crippen molar-refractivity contribution in [2.24, 2.45) is 0 Å². The second kappa shape index (κ2) is 9.53. The van der Waals surface area contributed by atoms with Crippen molar-refractivity contribution >= 4 is 27.7 Å². The third-order valence-corrected chi connectivity index (χ3v) is 5.82. The Balaban J connectivity index is 1.70. The van der Waals surface area contributed by atoms with Crippen LogP contribution in [0.5, 0.6) is 5.75 Å². The summed E-state index contributed by atoms with van der Waals surface area (Å²) in [4.78, 5) is 33.8. The van der Waals surface area contributed by atoms with Gasteiger partial charge in [0, 0.05) is 12.1 Å². The molecule has 0 spiro atoms. The molecule has 0 unspecified atom stereocenters. The van der Waals surface area contributed by atoms with Gasteiger partial charge in [-0.1, -0.05) is 6.07 Å². The average Bonchev–Trinajstić information content (AvgIpc) is 3.25. The standard InChI is InChI=1S/C21H17NO10S/c1-13-3-6-15(22(25)26)11-19(13)33(27,28)32-16-7-4-14(5-8-16)20(23)31-12-18-17(9-10-30-18)21(24)29-2/h3-11H,12H2,1-2H3. The molecule has 12 heteroatoms. The third-order valence-electron chi connectivity index (χ3n) is 4.43. The minimum Gasteiger partial charge on any atom is -0.465 e. The predicted octanol–water partition coefficient (Wildman–Crippen LogP) is 3.41. The van der Waals surface area contributed by atoms with E-state index < -0.39 is 32.7 Å². The Bertz CT molecular complexity index is 1310. The van der Waals surface area contributed by atoms with E-state index in [4.69, 9.17) is 13.3 Å². The predicted molar refractivity (Wildman–Crippen MR) is 111 cm³/mol. The van der Waals surface area contributed by atoms with Gasteiger partial charge in [0.2, 0.25) is 0 Å². The number of benzene rings is 2. The van der Waals surface area contributed by atoms with Gasteiger partial charge in [-0.05, 0) is 42.8 Å². The summed E-state index contributed by atoms with van der Waals surface area (Å²) in [6, 6.07) is 9.79. The SMILES string of the molecule is COC(=O)c1ccoc1COC(=O)c1ccc(OS(=O)(=O)c2cc([N+](=O)[O-])ccc2C)cc1. The van der Waals surface area contributed by atoms with Gasteiger partial charge in [-0.25, -0.2) is 9.59 Å². The molecule has 0 saturated carbocycles. The molecule has 3 aromatic rings. The lowest BCUT2D eigenvalue weighted by molar-refractivity contribution is -0.385. The number of furan rings is 1. The summed E-state index contributed by atoms with van der Waals surface area (Å²) < 4.78 is 45.0. The summed E-state index contributed by atoms with van der Waals surface area (Å²) in [5.41, 5.74) is 0.0750.